The fourth-order valence-electron chi connectivity index (χ4n) is 4.97. The molecule has 2 aromatic carbocycles. The second-order valence-electron chi connectivity index (χ2n) is 8.47. The van der Waals surface area contributed by atoms with Crippen molar-refractivity contribution in [1.82, 2.24) is 19.6 Å². The molecule has 0 atom stereocenters. The lowest BCUT2D eigenvalue weighted by Gasteiger charge is -2.43. The Balaban J connectivity index is 1.36. The van der Waals surface area contributed by atoms with Crippen LogP contribution in [0.2, 0.25) is 0 Å². The Morgan fingerprint density at radius 2 is 1.53 bits per heavy atom. The summed E-state index contributed by atoms with van der Waals surface area (Å²) in [5, 5.41) is 3.05. The average molecular weight is 496 g/mol. The molecule has 166 valence electrons. The van der Waals surface area contributed by atoms with Crippen LogP contribution in [0.5, 0.6) is 0 Å². The fraction of sp³-hybridized carbons (Fsp3) is 0.333. The maximum atomic E-state index is 12.9. The summed E-state index contributed by atoms with van der Waals surface area (Å²) in [5.41, 5.74) is 2.28. The molecule has 2 fully saturated rings. The van der Waals surface area contributed by atoms with Crippen LogP contribution >= 0.6 is 15.9 Å². The van der Waals surface area contributed by atoms with E-state index in [4.69, 9.17) is 0 Å². The topological polar surface area (TPSA) is 62.5 Å². The van der Waals surface area contributed by atoms with E-state index in [0.717, 1.165) is 43.0 Å². The number of aromatic nitrogens is 2. The van der Waals surface area contributed by atoms with Crippen molar-refractivity contribution in [2.45, 2.75) is 24.9 Å². The molecule has 3 aromatic rings. The summed E-state index contributed by atoms with van der Waals surface area (Å²) >= 11 is 3.53. The van der Waals surface area contributed by atoms with E-state index in [-0.39, 0.29) is 11.5 Å². The van der Waals surface area contributed by atoms with Crippen LogP contribution in [0.1, 0.15) is 18.5 Å². The highest BCUT2D eigenvalue weighted by Gasteiger charge is 2.50. The molecule has 0 bridgehead atoms. The van der Waals surface area contributed by atoms with E-state index in [0.29, 0.717) is 17.7 Å². The van der Waals surface area contributed by atoms with Gasteiger partial charge in [-0.25, -0.2) is 4.68 Å². The van der Waals surface area contributed by atoms with Crippen molar-refractivity contribution >= 4 is 27.5 Å². The van der Waals surface area contributed by atoms with Crippen LogP contribution in [0.3, 0.4) is 0 Å². The van der Waals surface area contributed by atoms with E-state index in [1.54, 1.807) is 4.68 Å². The minimum absolute atomic E-state index is 0.0624. The Morgan fingerprint density at radius 1 is 0.938 bits per heavy atom. The van der Waals surface area contributed by atoms with Crippen LogP contribution in [0.25, 0.3) is 5.69 Å². The molecule has 0 saturated carbocycles. The molecular formula is C24H26BrN5O2. The van der Waals surface area contributed by atoms with Gasteiger partial charge in [0.1, 0.15) is 10.0 Å². The maximum Gasteiger partial charge on any atom is 0.286 e. The Hall–Kier alpha value is -2.84. The molecule has 5 rings (SSSR count). The zero-order valence-corrected chi connectivity index (χ0v) is 19.6. The minimum Gasteiger partial charge on any atom is -0.339 e. The van der Waals surface area contributed by atoms with E-state index < -0.39 is 5.54 Å². The quantitative estimate of drug-likeness (QED) is 0.604. The van der Waals surface area contributed by atoms with Crippen molar-refractivity contribution in [2.75, 3.05) is 24.7 Å². The monoisotopic (exact) mass is 495 g/mol. The molecular weight excluding hydrogens is 470 g/mol. The Kier molecular flexibility index (Phi) is 5.43. The van der Waals surface area contributed by atoms with Crippen molar-refractivity contribution in [3.05, 3.63) is 81.2 Å². The summed E-state index contributed by atoms with van der Waals surface area (Å²) in [5.74, 6) is 0.116. The standard InChI is InChI=1S/C24H26BrN5O2/c1-27-20(21(25)22(31)30(27)19-10-6-3-7-11-19)16-28-14-12-24(13-15-28)23(32)26-17-29(24)18-8-4-2-5-9-18/h2-11H,12-17H2,1H3,(H,26,32). The molecule has 32 heavy (non-hydrogen) atoms. The first-order valence-electron chi connectivity index (χ1n) is 10.9. The van der Waals surface area contributed by atoms with Crippen LogP contribution in [-0.4, -0.2) is 45.5 Å². The van der Waals surface area contributed by atoms with Crippen LogP contribution in [0.15, 0.2) is 69.9 Å². The summed E-state index contributed by atoms with van der Waals surface area (Å²) in [6.45, 7) is 2.76. The van der Waals surface area contributed by atoms with Crippen molar-refractivity contribution in [3.63, 3.8) is 0 Å². The molecule has 2 aliphatic heterocycles. The number of anilines is 1. The summed E-state index contributed by atoms with van der Waals surface area (Å²) in [7, 11) is 1.92. The summed E-state index contributed by atoms with van der Waals surface area (Å²) in [4.78, 5) is 30.3. The third-order valence-electron chi connectivity index (χ3n) is 6.79. The molecule has 1 spiro atoms. The number of hydrogen-bond donors (Lipinski definition) is 1. The molecule has 0 unspecified atom stereocenters. The smallest absolute Gasteiger partial charge is 0.286 e. The van der Waals surface area contributed by atoms with Gasteiger partial charge in [-0.2, -0.15) is 0 Å². The van der Waals surface area contributed by atoms with E-state index in [2.05, 4.69) is 43.2 Å². The van der Waals surface area contributed by atoms with Gasteiger partial charge in [-0.15, -0.1) is 0 Å². The number of benzene rings is 2. The molecule has 1 aromatic heterocycles. The molecule has 7 nitrogen and oxygen atoms in total. The van der Waals surface area contributed by atoms with E-state index in [1.165, 1.54) is 0 Å². The third-order valence-corrected chi connectivity index (χ3v) is 7.58. The van der Waals surface area contributed by atoms with E-state index in [1.807, 2.05) is 60.3 Å². The van der Waals surface area contributed by atoms with Crippen molar-refractivity contribution in [1.29, 1.82) is 0 Å². The molecule has 2 aliphatic rings. The Labute approximate surface area is 195 Å². The van der Waals surface area contributed by atoms with Crippen LogP contribution in [0, 0.1) is 0 Å². The first kappa shape index (κ1) is 21.0. The number of piperidine rings is 1. The lowest BCUT2D eigenvalue weighted by molar-refractivity contribution is -0.125. The van der Waals surface area contributed by atoms with E-state index >= 15 is 0 Å². The lowest BCUT2D eigenvalue weighted by Crippen LogP contribution is -2.56. The third kappa shape index (κ3) is 3.38. The zero-order valence-electron chi connectivity index (χ0n) is 18.0. The number of hydrogen-bond acceptors (Lipinski definition) is 4. The number of carbonyl (C=O) groups is 1. The van der Waals surface area contributed by atoms with Gasteiger partial charge in [-0.05, 0) is 53.0 Å². The Bertz CT molecular complexity index is 1180. The SMILES string of the molecule is Cn1c(CN2CCC3(CC2)C(=O)NCN3c2ccccc2)c(Br)c(=O)n1-c1ccccc1. The molecule has 1 amide bonds. The molecule has 3 heterocycles. The van der Waals surface area contributed by atoms with Crippen LogP contribution in [-0.2, 0) is 18.4 Å². The number of halogens is 1. The number of para-hydroxylation sites is 2. The molecule has 2 saturated heterocycles. The highest BCUT2D eigenvalue weighted by atomic mass is 79.9. The molecule has 1 N–H and O–H groups in total. The second kappa shape index (κ2) is 8.26. The number of nitrogens with zero attached hydrogens (tertiary/aromatic N) is 4. The lowest BCUT2D eigenvalue weighted by atomic mass is 9.85. The molecule has 0 aliphatic carbocycles. The second-order valence-corrected chi connectivity index (χ2v) is 9.27. The number of carbonyl (C=O) groups excluding carboxylic acids is 1. The molecule has 8 heteroatoms. The van der Waals surface area contributed by atoms with Gasteiger partial charge in [0.05, 0.1) is 18.1 Å². The van der Waals surface area contributed by atoms with Gasteiger partial charge in [0.2, 0.25) is 5.91 Å². The van der Waals surface area contributed by atoms with Crippen molar-refractivity contribution in [3.8, 4) is 5.69 Å². The number of likely N-dealkylation sites (tertiary alicyclic amines) is 1. The van der Waals surface area contributed by atoms with Gasteiger partial charge in [0.15, 0.2) is 0 Å². The normalized spacial score (nSPS) is 18.3. The summed E-state index contributed by atoms with van der Waals surface area (Å²) in [6.07, 6.45) is 1.50. The van der Waals surface area contributed by atoms with Gasteiger partial charge in [-0.3, -0.25) is 19.2 Å². The first-order valence-corrected chi connectivity index (χ1v) is 11.7. The number of rotatable bonds is 4. The largest absolute Gasteiger partial charge is 0.339 e. The minimum atomic E-state index is -0.503. The summed E-state index contributed by atoms with van der Waals surface area (Å²) < 4.78 is 4.20. The predicted octanol–water partition coefficient (Wildman–Crippen LogP) is 2.87. The number of nitrogens with one attached hydrogen (secondary N) is 1. The highest BCUT2D eigenvalue weighted by molar-refractivity contribution is 9.10. The predicted molar refractivity (Wildman–Crippen MR) is 128 cm³/mol. The van der Waals surface area contributed by atoms with Gasteiger partial charge in [0, 0.05) is 32.4 Å². The van der Waals surface area contributed by atoms with Gasteiger partial charge >= 0.3 is 0 Å². The van der Waals surface area contributed by atoms with Gasteiger partial charge < -0.3 is 10.2 Å². The van der Waals surface area contributed by atoms with Crippen molar-refractivity contribution < 1.29 is 4.79 Å². The average Bonchev–Trinajstić information content (AvgIpc) is 3.25. The Morgan fingerprint density at radius 3 is 2.16 bits per heavy atom. The van der Waals surface area contributed by atoms with E-state index in [9.17, 15) is 9.59 Å². The van der Waals surface area contributed by atoms with Gasteiger partial charge in [-0.1, -0.05) is 36.4 Å². The number of amides is 1. The van der Waals surface area contributed by atoms with Crippen LogP contribution in [0.4, 0.5) is 5.69 Å². The summed E-state index contributed by atoms with van der Waals surface area (Å²) in [6, 6.07) is 19.8. The maximum absolute atomic E-state index is 12.9. The highest BCUT2D eigenvalue weighted by Crippen LogP contribution is 2.36. The fourth-order valence-corrected chi connectivity index (χ4v) is 5.52. The van der Waals surface area contributed by atoms with Crippen LogP contribution < -0.4 is 15.8 Å². The first-order chi connectivity index (χ1) is 15.5. The molecule has 0 radical (unpaired) electrons. The van der Waals surface area contributed by atoms with Gasteiger partial charge in [0.25, 0.3) is 5.56 Å². The van der Waals surface area contributed by atoms with Crippen molar-refractivity contribution in [2.24, 2.45) is 7.05 Å². The zero-order chi connectivity index (χ0) is 22.3.